The Labute approximate surface area is 218 Å². The smallest absolute Gasteiger partial charge is 0.201 e. The highest BCUT2D eigenvalue weighted by Crippen LogP contribution is 2.36. The SMILES string of the molecule is CCCCCC1CCC(c2ccc(-c3ccc(-c4ccc(OCCCC)c(F)c4F)cc3)c(F)c2)OC1. The van der Waals surface area contributed by atoms with Crippen LogP contribution in [0.15, 0.2) is 54.6 Å². The van der Waals surface area contributed by atoms with Crippen LogP contribution in [0.2, 0.25) is 0 Å². The Balaban J connectivity index is 1.42. The molecule has 37 heavy (non-hydrogen) atoms. The van der Waals surface area contributed by atoms with E-state index < -0.39 is 11.6 Å². The predicted octanol–water partition coefficient (Wildman–Crippen LogP) is 9.66. The van der Waals surface area contributed by atoms with E-state index in [2.05, 4.69) is 6.92 Å². The quantitative estimate of drug-likeness (QED) is 0.239. The zero-order chi connectivity index (χ0) is 26.2. The van der Waals surface area contributed by atoms with Gasteiger partial charge in [-0.2, -0.15) is 4.39 Å². The van der Waals surface area contributed by atoms with Gasteiger partial charge in [-0.3, -0.25) is 0 Å². The Kier molecular flexibility index (Phi) is 9.68. The molecule has 0 aliphatic carbocycles. The Hall–Kier alpha value is -2.79. The monoisotopic (exact) mass is 510 g/mol. The molecule has 0 aromatic heterocycles. The van der Waals surface area contributed by atoms with Crippen molar-refractivity contribution in [1.29, 1.82) is 0 Å². The summed E-state index contributed by atoms with van der Waals surface area (Å²) in [6.45, 7) is 5.30. The van der Waals surface area contributed by atoms with Crippen LogP contribution < -0.4 is 4.74 Å². The molecular weight excluding hydrogens is 473 g/mol. The van der Waals surface area contributed by atoms with Crippen LogP contribution in [0.1, 0.15) is 76.9 Å². The molecule has 4 rings (SSSR count). The summed E-state index contributed by atoms with van der Waals surface area (Å²) < 4.78 is 55.8. The lowest BCUT2D eigenvalue weighted by Gasteiger charge is -2.29. The normalized spacial score (nSPS) is 17.6. The van der Waals surface area contributed by atoms with Crippen LogP contribution in [-0.2, 0) is 4.74 Å². The number of hydrogen-bond donors (Lipinski definition) is 0. The Morgan fingerprint density at radius 3 is 2.14 bits per heavy atom. The highest BCUT2D eigenvalue weighted by Gasteiger charge is 2.23. The van der Waals surface area contributed by atoms with Gasteiger partial charge in [0.05, 0.1) is 19.3 Å². The Bertz CT molecular complexity index is 1150. The van der Waals surface area contributed by atoms with Crippen LogP contribution in [0, 0.1) is 23.4 Å². The molecule has 0 spiro atoms. The fraction of sp³-hybridized carbons (Fsp3) is 0.438. The summed E-state index contributed by atoms with van der Waals surface area (Å²) in [6.07, 6.45) is 8.58. The van der Waals surface area contributed by atoms with Crippen molar-refractivity contribution in [2.24, 2.45) is 5.92 Å². The number of unbranched alkanes of at least 4 members (excludes halogenated alkanes) is 3. The van der Waals surface area contributed by atoms with Gasteiger partial charge in [0, 0.05) is 11.1 Å². The van der Waals surface area contributed by atoms with Crippen molar-refractivity contribution in [2.45, 2.75) is 71.3 Å². The lowest BCUT2D eigenvalue weighted by atomic mass is 9.90. The molecule has 198 valence electrons. The van der Waals surface area contributed by atoms with Crippen LogP contribution in [0.4, 0.5) is 13.2 Å². The summed E-state index contributed by atoms with van der Waals surface area (Å²) in [5.41, 5.74) is 2.67. The summed E-state index contributed by atoms with van der Waals surface area (Å²) in [7, 11) is 0. The van der Waals surface area contributed by atoms with Crippen molar-refractivity contribution in [3.63, 3.8) is 0 Å². The molecule has 1 saturated heterocycles. The first-order chi connectivity index (χ1) is 18.0. The van der Waals surface area contributed by atoms with Crippen molar-refractivity contribution in [1.82, 2.24) is 0 Å². The first-order valence-corrected chi connectivity index (χ1v) is 13.6. The third-order valence-electron chi connectivity index (χ3n) is 7.26. The highest BCUT2D eigenvalue weighted by atomic mass is 19.2. The maximum absolute atomic E-state index is 15.1. The highest BCUT2D eigenvalue weighted by molar-refractivity contribution is 5.71. The molecule has 3 aromatic carbocycles. The largest absolute Gasteiger partial charge is 0.490 e. The van der Waals surface area contributed by atoms with Gasteiger partial charge < -0.3 is 9.47 Å². The first-order valence-electron chi connectivity index (χ1n) is 13.6. The molecule has 1 aliphatic rings. The molecule has 0 N–H and O–H groups in total. The first kappa shape index (κ1) is 27.3. The van der Waals surface area contributed by atoms with Crippen LogP contribution in [0.25, 0.3) is 22.3 Å². The average molecular weight is 511 g/mol. The zero-order valence-corrected chi connectivity index (χ0v) is 21.9. The van der Waals surface area contributed by atoms with Crippen molar-refractivity contribution in [2.75, 3.05) is 13.2 Å². The van der Waals surface area contributed by atoms with Gasteiger partial charge in [0.15, 0.2) is 11.6 Å². The molecule has 2 atom stereocenters. The molecule has 1 fully saturated rings. The fourth-order valence-electron chi connectivity index (χ4n) is 4.97. The third kappa shape index (κ3) is 6.75. The lowest BCUT2D eigenvalue weighted by molar-refractivity contribution is -0.0200. The molecule has 5 heteroatoms. The molecule has 1 heterocycles. The zero-order valence-electron chi connectivity index (χ0n) is 21.9. The molecule has 0 bridgehead atoms. The minimum atomic E-state index is -0.989. The van der Waals surface area contributed by atoms with E-state index in [1.54, 1.807) is 36.4 Å². The Morgan fingerprint density at radius 2 is 1.49 bits per heavy atom. The van der Waals surface area contributed by atoms with Crippen molar-refractivity contribution < 1.29 is 22.6 Å². The second kappa shape index (κ2) is 13.1. The second-order valence-corrected chi connectivity index (χ2v) is 10.0. The minimum Gasteiger partial charge on any atom is -0.490 e. The Morgan fingerprint density at radius 1 is 0.784 bits per heavy atom. The van der Waals surface area contributed by atoms with E-state index in [1.165, 1.54) is 37.8 Å². The topological polar surface area (TPSA) is 18.5 Å². The maximum atomic E-state index is 15.1. The number of rotatable bonds is 11. The summed E-state index contributed by atoms with van der Waals surface area (Å²) in [6, 6.07) is 15.1. The van der Waals surface area contributed by atoms with E-state index in [0.29, 0.717) is 29.2 Å². The van der Waals surface area contributed by atoms with E-state index in [4.69, 9.17) is 9.47 Å². The van der Waals surface area contributed by atoms with Crippen molar-refractivity contribution in [3.8, 4) is 28.0 Å². The van der Waals surface area contributed by atoms with Crippen LogP contribution >= 0.6 is 0 Å². The van der Waals surface area contributed by atoms with Gasteiger partial charge in [-0.1, -0.05) is 75.9 Å². The average Bonchev–Trinajstić information content (AvgIpc) is 2.92. The summed E-state index contributed by atoms with van der Waals surface area (Å²) in [5.74, 6) is -1.73. The number of halogens is 3. The maximum Gasteiger partial charge on any atom is 0.201 e. The molecule has 0 radical (unpaired) electrons. The van der Waals surface area contributed by atoms with Gasteiger partial charge >= 0.3 is 0 Å². The molecule has 2 nitrogen and oxygen atoms in total. The van der Waals surface area contributed by atoms with E-state index >= 15 is 4.39 Å². The molecule has 2 unspecified atom stereocenters. The number of benzene rings is 3. The van der Waals surface area contributed by atoms with Gasteiger partial charge in [0.1, 0.15) is 5.82 Å². The lowest BCUT2D eigenvalue weighted by Crippen LogP contribution is -2.20. The van der Waals surface area contributed by atoms with E-state index in [1.807, 2.05) is 13.0 Å². The fourth-order valence-corrected chi connectivity index (χ4v) is 4.97. The summed E-state index contributed by atoms with van der Waals surface area (Å²) in [5, 5.41) is 0. The molecule has 0 amide bonds. The van der Waals surface area contributed by atoms with Crippen molar-refractivity contribution >= 4 is 0 Å². The van der Waals surface area contributed by atoms with E-state index in [0.717, 1.165) is 37.9 Å². The van der Waals surface area contributed by atoms with Gasteiger partial charge in [0.25, 0.3) is 0 Å². The van der Waals surface area contributed by atoms with E-state index in [9.17, 15) is 8.78 Å². The van der Waals surface area contributed by atoms with Gasteiger partial charge in [-0.25, -0.2) is 8.78 Å². The predicted molar refractivity (Wildman–Crippen MR) is 143 cm³/mol. The van der Waals surface area contributed by atoms with Gasteiger partial charge in [-0.15, -0.1) is 0 Å². The molecule has 0 saturated carbocycles. The summed E-state index contributed by atoms with van der Waals surface area (Å²) in [4.78, 5) is 0. The van der Waals surface area contributed by atoms with Crippen molar-refractivity contribution in [3.05, 3.63) is 77.6 Å². The minimum absolute atomic E-state index is 0.0693. The standard InChI is InChI=1S/C32H37F3O2/c1-3-5-7-8-22-9-17-29(37-21-22)25-14-15-26(28(33)20-25)23-10-12-24(13-11-23)27-16-18-30(32(35)31(27)34)36-19-6-4-2/h10-16,18,20,22,29H,3-9,17,19,21H2,1-2H3. The van der Waals surface area contributed by atoms with Gasteiger partial charge in [0.2, 0.25) is 5.82 Å². The number of hydrogen-bond acceptors (Lipinski definition) is 2. The van der Waals surface area contributed by atoms with E-state index in [-0.39, 0.29) is 23.2 Å². The molecule has 3 aromatic rings. The van der Waals surface area contributed by atoms with Crippen LogP contribution in [0.3, 0.4) is 0 Å². The third-order valence-corrected chi connectivity index (χ3v) is 7.26. The number of ether oxygens (including phenoxy) is 2. The summed E-state index contributed by atoms with van der Waals surface area (Å²) >= 11 is 0. The van der Waals surface area contributed by atoms with Crippen LogP contribution in [0.5, 0.6) is 5.75 Å². The second-order valence-electron chi connectivity index (χ2n) is 10.0. The van der Waals surface area contributed by atoms with Crippen LogP contribution in [-0.4, -0.2) is 13.2 Å². The molecule has 1 aliphatic heterocycles. The molecular formula is C32H37F3O2. The van der Waals surface area contributed by atoms with Gasteiger partial charge in [-0.05, 0) is 66.5 Å².